The van der Waals surface area contributed by atoms with Gasteiger partial charge in [0.1, 0.15) is 30.5 Å². The first-order valence-electron chi connectivity index (χ1n) is 19.3. The molecule has 0 unspecified atom stereocenters. The van der Waals surface area contributed by atoms with Crippen molar-refractivity contribution in [3.63, 3.8) is 0 Å². The Morgan fingerprint density at radius 2 is 1.54 bits per heavy atom. The monoisotopic (exact) mass is 723 g/mol. The van der Waals surface area contributed by atoms with E-state index in [0.717, 1.165) is 79.6 Å². The number of likely N-dealkylation sites (tertiary alicyclic amines) is 2. The van der Waals surface area contributed by atoms with Gasteiger partial charge >= 0.3 is 0 Å². The lowest BCUT2D eigenvalue weighted by Gasteiger charge is -2.38. The summed E-state index contributed by atoms with van der Waals surface area (Å²) in [4.78, 5) is 9.34. The summed E-state index contributed by atoms with van der Waals surface area (Å²) in [6.45, 7) is 14.2. The fraction of sp³-hybridized carbons (Fsp3) is 0.477. The Balaban J connectivity index is 0.993. The largest absolute Gasteiger partial charge is 0.493 e. The number of hydrogen-bond acceptors (Lipinski definition) is 7. The van der Waals surface area contributed by atoms with Crippen molar-refractivity contribution in [2.75, 3.05) is 52.5 Å². The molecule has 7 rings (SSSR count). The van der Waals surface area contributed by atoms with Crippen molar-refractivity contribution in [1.82, 2.24) is 14.8 Å². The molecule has 0 N–H and O–H groups in total. The average molecular weight is 724 g/mol. The zero-order chi connectivity index (χ0) is 35.8. The maximum absolute atomic E-state index is 6.90. The minimum absolute atomic E-state index is 0.396. The van der Waals surface area contributed by atoms with Gasteiger partial charge < -0.3 is 23.8 Å². The van der Waals surface area contributed by atoms with Crippen molar-refractivity contribution in [3.8, 4) is 28.4 Å². The van der Waals surface area contributed by atoms with Crippen LogP contribution in [0.5, 0.6) is 17.2 Å². The molecule has 0 radical (unpaired) electrons. The highest BCUT2D eigenvalue weighted by atomic mass is 35.5. The number of ether oxygens (including phenoxy) is 4. The predicted molar refractivity (Wildman–Crippen MR) is 208 cm³/mol. The molecule has 0 saturated carbocycles. The normalized spacial score (nSPS) is 17.8. The van der Waals surface area contributed by atoms with E-state index in [1.54, 1.807) is 6.20 Å². The minimum atomic E-state index is 0.396. The fourth-order valence-electron chi connectivity index (χ4n) is 8.06. The second-order valence-corrected chi connectivity index (χ2v) is 15.4. The van der Waals surface area contributed by atoms with Gasteiger partial charge in [0.15, 0.2) is 0 Å². The highest BCUT2D eigenvalue weighted by Crippen LogP contribution is 2.40. The van der Waals surface area contributed by atoms with E-state index >= 15 is 0 Å². The molecule has 52 heavy (non-hydrogen) atoms. The van der Waals surface area contributed by atoms with Crippen LogP contribution in [0.25, 0.3) is 11.1 Å². The van der Waals surface area contributed by atoms with Crippen LogP contribution in [0.15, 0.2) is 73.1 Å². The number of nitrogens with zero attached hydrogens (tertiary/aromatic N) is 3. The third kappa shape index (κ3) is 9.11. The topological polar surface area (TPSA) is 56.3 Å². The van der Waals surface area contributed by atoms with Crippen LogP contribution >= 0.6 is 11.6 Å². The van der Waals surface area contributed by atoms with E-state index in [0.29, 0.717) is 36.0 Å². The highest BCUT2D eigenvalue weighted by molar-refractivity contribution is 6.32. The van der Waals surface area contributed by atoms with Gasteiger partial charge in [-0.15, -0.1) is 0 Å². The molecule has 0 atom stereocenters. The molecule has 3 aliphatic heterocycles. The van der Waals surface area contributed by atoms with Crippen molar-refractivity contribution in [2.45, 2.75) is 78.6 Å². The molecular weight excluding hydrogens is 670 g/mol. The molecule has 3 fully saturated rings. The van der Waals surface area contributed by atoms with Crippen molar-refractivity contribution >= 4 is 11.6 Å². The van der Waals surface area contributed by atoms with E-state index in [-0.39, 0.29) is 0 Å². The van der Waals surface area contributed by atoms with Crippen LogP contribution in [0.2, 0.25) is 5.02 Å². The number of benzene rings is 3. The lowest BCUT2D eigenvalue weighted by molar-refractivity contribution is 0.0781. The molecule has 8 heteroatoms. The smallest absolute Gasteiger partial charge is 0.142 e. The van der Waals surface area contributed by atoms with Crippen LogP contribution in [0.4, 0.5) is 0 Å². The molecule has 3 aliphatic rings. The van der Waals surface area contributed by atoms with Gasteiger partial charge in [-0.25, -0.2) is 0 Å². The number of pyridine rings is 1. The van der Waals surface area contributed by atoms with Gasteiger partial charge in [0.25, 0.3) is 0 Å². The Morgan fingerprint density at radius 3 is 2.31 bits per heavy atom. The summed E-state index contributed by atoms with van der Waals surface area (Å²) < 4.78 is 24.9. The van der Waals surface area contributed by atoms with E-state index in [4.69, 9.17) is 30.5 Å². The van der Waals surface area contributed by atoms with Gasteiger partial charge in [0.2, 0.25) is 0 Å². The number of hydrogen-bond donors (Lipinski definition) is 0. The zero-order valence-electron chi connectivity index (χ0n) is 31.0. The predicted octanol–water partition coefficient (Wildman–Crippen LogP) is 9.43. The molecule has 3 saturated heterocycles. The standard InChI is InChI=1S/C44H54ClN3O4/c1-33-36(31-52-43-27-42(51-30-35-10-8-18-46-28-35)37(26-40(43)45)29-48-19-4-3-5-20-48)11-6-12-38(33)39-13-7-14-41(34(39)2)50-24-9-21-47-22-15-44(16-23-47)17-25-49-32-44/h6-8,10-14,18,26-28H,3-5,9,15-17,19-25,29-32H2,1-2H3. The average Bonchev–Trinajstić information content (AvgIpc) is 3.63. The summed E-state index contributed by atoms with van der Waals surface area (Å²) >= 11 is 6.90. The van der Waals surface area contributed by atoms with Gasteiger partial charge in [0.05, 0.1) is 18.2 Å². The Kier molecular flexibility index (Phi) is 12.3. The molecule has 0 aliphatic carbocycles. The minimum Gasteiger partial charge on any atom is -0.493 e. The summed E-state index contributed by atoms with van der Waals surface area (Å²) in [7, 11) is 0. The quantitative estimate of drug-likeness (QED) is 0.120. The van der Waals surface area contributed by atoms with Gasteiger partial charge in [-0.3, -0.25) is 9.88 Å². The first-order chi connectivity index (χ1) is 25.5. The molecule has 0 amide bonds. The molecule has 276 valence electrons. The van der Waals surface area contributed by atoms with E-state index in [9.17, 15) is 0 Å². The van der Waals surface area contributed by atoms with Crippen LogP contribution in [0.3, 0.4) is 0 Å². The Morgan fingerprint density at radius 1 is 0.750 bits per heavy atom. The Hall–Kier alpha value is -3.62. The van der Waals surface area contributed by atoms with E-state index in [1.807, 2.05) is 30.5 Å². The molecule has 0 bridgehead atoms. The molecule has 3 aromatic carbocycles. The first-order valence-corrected chi connectivity index (χ1v) is 19.6. The van der Waals surface area contributed by atoms with Gasteiger partial charge in [0, 0.05) is 49.3 Å². The highest BCUT2D eigenvalue weighted by Gasteiger charge is 2.37. The third-order valence-electron chi connectivity index (χ3n) is 11.5. The molecule has 4 aromatic rings. The number of aromatic nitrogens is 1. The Bertz CT molecular complexity index is 1760. The molecule has 7 nitrogen and oxygen atoms in total. The molecule has 1 spiro atoms. The van der Waals surface area contributed by atoms with Crippen molar-refractivity contribution in [1.29, 1.82) is 0 Å². The van der Waals surface area contributed by atoms with E-state index in [1.165, 1.54) is 68.3 Å². The third-order valence-corrected chi connectivity index (χ3v) is 11.8. The van der Waals surface area contributed by atoms with E-state index in [2.05, 4.69) is 65.0 Å². The lowest BCUT2D eigenvalue weighted by Crippen LogP contribution is -2.41. The SMILES string of the molecule is Cc1c(COc2cc(OCc3cccnc3)c(CN3CCCCC3)cc2Cl)cccc1-c1cccc(OCCCN2CCC3(CCOC3)CC2)c1C. The molecule has 1 aromatic heterocycles. The number of piperidine rings is 2. The van der Waals surface area contributed by atoms with Gasteiger partial charge in [-0.1, -0.05) is 54.4 Å². The maximum Gasteiger partial charge on any atom is 0.142 e. The van der Waals surface area contributed by atoms with Crippen LogP contribution in [-0.2, 0) is 24.5 Å². The second-order valence-electron chi connectivity index (χ2n) is 15.0. The summed E-state index contributed by atoms with van der Waals surface area (Å²) in [5.41, 5.74) is 8.38. The number of halogens is 1. The van der Waals surface area contributed by atoms with Gasteiger partial charge in [-0.05, 0) is 130 Å². The van der Waals surface area contributed by atoms with Gasteiger partial charge in [-0.2, -0.15) is 0 Å². The second kappa shape index (κ2) is 17.5. The fourth-order valence-corrected chi connectivity index (χ4v) is 8.30. The maximum atomic E-state index is 6.90. The van der Waals surface area contributed by atoms with Crippen LogP contribution < -0.4 is 14.2 Å². The summed E-state index contributed by atoms with van der Waals surface area (Å²) in [6, 6.07) is 20.8. The Labute approximate surface area is 315 Å². The summed E-state index contributed by atoms with van der Waals surface area (Å²) in [5.74, 6) is 2.38. The van der Waals surface area contributed by atoms with Crippen LogP contribution in [-0.4, -0.2) is 67.3 Å². The zero-order valence-corrected chi connectivity index (χ0v) is 31.8. The molecular formula is C44H54ClN3O4. The van der Waals surface area contributed by atoms with E-state index < -0.39 is 0 Å². The van der Waals surface area contributed by atoms with Crippen LogP contribution in [0, 0.1) is 19.3 Å². The van der Waals surface area contributed by atoms with Crippen molar-refractivity contribution < 1.29 is 18.9 Å². The van der Waals surface area contributed by atoms with Crippen LogP contribution in [0.1, 0.15) is 72.8 Å². The van der Waals surface area contributed by atoms with Crippen molar-refractivity contribution in [2.24, 2.45) is 5.41 Å². The molecule has 4 heterocycles. The van der Waals surface area contributed by atoms with Crippen molar-refractivity contribution in [3.05, 3.63) is 106 Å². The summed E-state index contributed by atoms with van der Waals surface area (Å²) in [5, 5.41) is 0.600. The number of rotatable bonds is 14. The summed E-state index contributed by atoms with van der Waals surface area (Å²) in [6.07, 6.45) is 12.2. The lowest BCUT2D eigenvalue weighted by atomic mass is 9.78. The first kappa shape index (κ1) is 36.7.